The molecule has 10 aromatic rings. The first-order valence-corrected chi connectivity index (χ1v) is 23.5. The van der Waals surface area contributed by atoms with Crippen molar-refractivity contribution in [3.63, 3.8) is 0 Å². The van der Waals surface area contributed by atoms with E-state index in [-0.39, 0.29) is 5.54 Å². The third kappa shape index (κ3) is 8.25. The van der Waals surface area contributed by atoms with Crippen molar-refractivity contribution in [1.82, 2.24) is 19.9 Å². The van der Waals surface area contributed by atoms with Crippen molar-refractivity contribution in [2.75, 3.05) is 0 Å². The molecule has 322 valence electrons. The lowest BCUT2D eigenvalue weighted by Gasteiger charge is -2.26. The Balaban J connectivity index is 1.10. The minimum Gasteiger partial charge on any atom is -0.228 e. The van der Waals surface area contributed by atoms with Gasteiger partial charge in [-0.25, -0.2) is 19.9 Å². The highest BCUT2D eigenvalue weighted by molar-refractivity contribution is 5.83. The quantitative estimate of drug-likeness (QED) is 0.129. The Morgan fingerprint density at radius 3 is 1.25 bits per heavy atom. The van der Waals surface area contributed by atoms with Crippen LogP contribution in [0.15, 0.2) is 219 Å². The Bertz CT molecular complexity index is 3100. The number of fused-ring (bicyclic) bond motifs is 3. The van der Waals surface area contributed by atoms with E-state index >= 15 is 0 Å². The minimum atomic E-state index is 0.0940. The summed E-state index contributed by atoms with van der Waals surface area (Å²) >= 11 is 0. The number of nitrogens with zero attached hydrogens (tertiary/aromatic N) is 5. The van der Waals surface area contributed by atoms with E-state index in [0.717, 1.165) is 98.5 Å². The Morgan fingerprint density at radius 2 is 0.776 bits per heavy atom. The molecular weight excluding hydrogens is 815 g/mol. The van der Waals surface area contributed by atoms with E-state index in [1.54, 1.807) is 0 Å². The van der Waals surface area contributed by atoms with E-state index < -0.39 is 0 Å². The summed E-state index contributed by atoms with van der Waals surface area (Å²) in [6.07, 6.45) is 6.66. The van der Waals surface area contributed by atoms with Crippen LogP contribution in [0.2, 0.25) is 0 Å². The lowest BCUT2D eigenvalue weighted by atomic mass is 9.86. The molecule has 4 heterocycles. The van der Waals surface area contributed by atoms with E-state index in [4.69, 9.17) is 19.9 Å². The molecule has 0 N–H and O–H groups in total. The molecule has 11 rings (SSSR count). The van der Waals surface area contributed by atoms with Crippen LogP contribution in [0.3, 0.4) is 0 Å². The summed E-state index contributed by atoms with van der Waals surface area (Å²) in [5, 5.41) is 0. The molecule has 67 heavy (non-hydrogen) atoms. The number of aryl methyl sites for hydroxylation is 1. The highest BCUT2D eigenvalue weighted by atomic mass is 15.1. The molecule has 1 aliphatic heterocycles. The van der Waals surface area contributed by atoms with Crippen molar-refractivity contribution in [3.05, 3.63) is 224 Å². The number of hydrogen-bond donors (Lipinski definition) is 0. The fourth-order valence-corrected chi connectivity index (χ4v) is 9.83. The monoisotopic (exact) mass is 864 g/mol. The van der Waals surface area contributed by atoms with Gasteiger partial charge in [0.1, 0.15) is 0 Å². The van der Waals surface area contributed by atoms with Crippen LogP contribution >= 0.6 is 0 Å². The van der Waals surface area contributed by atoms with Gasteiger partial charge in [0.25, 0.3) is 0 Å². The van der Waals surface area contributed by atoms with Crippen LogP contribution in [-0.2, 0) is 12.0 Å². The van der Waals surface area contributed by atoms with Gasteiger partial charge in [-0.05, 0) is 82.8 Å². The molecule has 0 radical (unpaired) electrons. The SMILES string of the molecule is CCC1(CC)CCc2ccc(-c3cccc(-c4cc(-c5nc(-c6ccccc6)cc(-c6ccccc6)n5)cc(-c5nc(-c6ccccc6)cc(-c6ccccc6)n5)c4)c3)cc2-c2cccc[n+]21. The number of hydrogen-bond acceptors (Lipinski definition) is 4. The third-order valence-electron chi connectivity index (χ3n) is 13.6. The predicted octanol–water partition coefficient (Wildman–Crippen LogP) is 15.0. The summed E-state index contributed by atoms with van der Waals surface area (Å²) in [5.74, 6) is 1.25. The molecule has 5 nitrogen and oxygen atoms in total. The summed E-state index contributed by atoms with van der Waals surface area (Å²) in [4.78, 5) is 21.2. The second-order valence-electron chi connectivity index (χ2n) is 17.5. The minimum absolute atomic E-state index is 0.0940. The fraction of sp³-hybridized carbons (Fsp3) is 0.113. The molecule has 0 aliphatic carbocycles. The molecule has 0 atom stereocenters. The van der Waals surface area contributed by atoms with Crippen LogP contribution < -0.4 is 4.57 Å². The molecular formula is C62H50N5+. The lowest BCUT2D eigenvalue weighted by molar-refractivity contribution is -0.757. The molecule has 0 saturated heterocycles. The Kier molecular flexibility index (Phi) is 11.2. The van der Waals surface area contributed by atoms with Crippen LogP contribution in [0, 0.1) is 0 Å². The summed E-state index contributed by atoms with van der Waals surface area (Å²) in [5.41, 5.74) is 17.8. The van der Waals surface area contributed by atoms with E-state index in [0.29, 0.717) is 11.6 Å². The topological polar surface area (TPSA) is 55.4 Å². The van der Waals surface area contributed by atoms with Crippen molar-refractivity contribution in [3.8, 4) is 101 Å². The maximum atomic E-state index is 5.30. The molecule has 5 heteroatoms. The first-order valence-electron chi connectivity index (χ1n) is 23.5. The maximum absolute atomic E-state index is 5.30. The second-order valence-corrected chi connectivity index (χ2v) is 17.5. The smallest absolute Gasteiger partial charge is 0.213 e. The van der Waals surface area contributed by atoms with Gasteiger partial charge in [0.15, 0.2) is 23.4 Å². The van der Waals surface area contributed by atoms with Crippen molar-refractivity contribution < 1.29 is 4.57 Å². The van der Waals surface area contributed by atoms with Gasteiger partial charge >= 0.3 is 0 Å². The fourth-order valence-electron chi connectivity index (χ4n) is 9.83. The van der Waals surface area contributed by atoms with Crippen molar-refractivity contribution in [1.29, 1.82) is 0 Å². The van der Waals surface area contributed by atoms with Crippen molar-refractivity contribution in [2.45, 2.75) is 45.1 Å². The third-order valence-corrected chi connectivity index (χ3v) is 13.6. The second kappa shape index (κ2) is 18.0. The van der Waals surface area contributed by atoms with Crippen LogP contribution in [0.4, 0.5) is 0 Å². The van der Waals surface area contributed by atoms with Crippen LogP contribution in [0.1, 0.15) is 38.7 Å². The summed E-state index contributed by atoms with van der Waals surface area (Å²) in [7, 11) is 0. The van der Waals surface area contributed by atoms with Gasteiger partial charge in [-0.1, -0.05) is 166 Å². The van der Waals surface area contributed by atoms with Gasteiger partial charge in [0, 0.05) is 70.3 Å². The largest absolute Gasteiger partial charge is 0.228 e. The Morgan fingerprint density at radius 1 is 0.373 bits per heavy atom. The molecule has 0 bridgehead atoms. The molecule has 0 saturated carbocycles. The number of pyridine rings is 1. The molecule has 0 fully saturated rings. The number of benzene rings is 7. The lowest BCUT2D eigenvalue weighted by Crippen LogP contribution is -2.56. The zero-order chi connectivity index (χ0) is 45.2. The summed E-state index contributed by atoms with van der Waals surface area (Å²) < 4.78 is 2.56. The highest BCUT2D eigenvalue weighted by Gasteiger charge is 2.40. The van der Waals surface area contributed by atoms with Crippen LogP contribution in [0.25, 0.3) is 101 Å². The average Bonchev–Trinajstić information content (AvgIpc) is 3.56. The highest BCUT2D eigenvalue weighted by Crippen LogP contribution is 2.39. The molecule has 7 aromatic carbocycles. The number of aromatic nitrogens is 5. The van der Waals surface area contributed by atoms with E-state index in [1.165, 1.54) is 22.4 Å². The zero-order valence-corrected chi connectivity index (χ0v) is 37.8. The van der Waals surface area contributed by atoms with Gasteiger partial charge in [-0.15, -0.1) is 0 Å². The summed E-state index contributed by atoms with van der Waals surface area (Å²) in [6, 6.07) is 74.8. The van der Waals surface area contributed by atoms with E-state index in [9.17, 15) is 0 Å². The van der Waals surface area contributed by atoms with Crippen LogP contribution in [-0.4, -0.2) is 19.9 Å². The van der Waals surface area contributed by atoms with Gasteiger partial charge in [0.2, 0.25) is 5.69 Å². The summed E-state index contributed by atoms with van der Waals surface area (Å²) in [6.45, 7) is 4.67. The van der Waals surface area contributed by atoms with Crippen molar-refractivity contribution in [2.24, 2.45) is 0 Å². The maximum Gasteiger partial charge on any atom is 0.213 e. The predicted molar refractivity (Wildman–Crippen MR) is 274 cm³/mol. The van der Waals surface area contributed by atoms with Gasteiger partial charge in [0.05, 0.1) is 22.8 Å². The standard InChI is InChI=1S/C62H50N5/c1-3-62(4-2)34-33-43-31-32-50(40-54(43)59-30-17-18-35-67(59)62)48-28-19-29-49(36-48)51-37-52(60-63-55(44-20-9-5-10-21-44)41-56(64-60)45-22-11-6-12-23-45)39-53(38-51)61-65-57(46-24-13-7-14-25-46)42-58(66-61)47-26-15-8-16-27-47/h5-32,35-42H,3-4,33-34H2,1-2H3/q+1. The molecule has 3 aromatic heterocycles. The normalized spacial score (nSPS) is 12.7. The van der Waals surface area contributed by atoms with Gasteiger partial charge < -0.3 is 0 Å². The first kappa shape index (κ1) is 41.5. The van der Waals surface area contributed by atoms with E-state index in [2.05, 4.69) is 213 Å². The average molecular weight is 865 g/mol. The Hall–Kier alpha value is -8.15. The molecule has 0 spiro atoms. The van der Waals surface area contributed by atoms with Gasteiger partial charge in [-0.3, -0.25) is 0 Å². The number of rotatable bonds is 10. The van der Waals surface area contributed by atoms with Crippen molar-refractivity contribution >= 4 is 0 Å². The molecule has 0 amide bonds. The van der Waals surface area contributed by atoms with Gasteiger partial charge in [-0.2, -0.15) is 4.57 Å². The molecule has 0 unspecified atom stereocenters. The van der Waals surface area contributed by atoms with Crippen LogP contribution in [0.5, 0.6) is 0 Å². The molecule has 1 aliphatic rings. The first-order chi connectivity index (χ1) is 33.0. The zero-order valence-electron chi connectivity index (χ0n) is 37.8. The Labute approximate surface area is 393 Å². The van der Waals surface area contributed by atoms with E-state index in [1.807, 2.05) is 24.3 Å².